The number of ether oxygens (including phenoxy) is 1. The zero-order valence-electron chi connectivity index (χ0n) is 21.7. The Balaban J connectivity index is 1.36. The van der Waals surface area contributed by atoms with Crippen molar-refractivity contribution in [3.8, 4) is 6.01 Å². The van der Waals surface area contributed by atoms with Crippen molar-refractivity contribution in [1.29, 1.82) is 0 Å². The fraction of sp³-hybridized carbons (Fsp3) is 0.517. The number of fused-ring (bicyclic) bond motifs is 2. The molecular formula is C29H38N6O. The maximum absolute atomic E-state index is 6.30. The number of likely N-dealkylation sites (tertiary alicyclic amines) is 1. The van der Waals surface area contributed by atoms with Crippen LogP contribution in [0.4, 0.5) is 11.5 Å². The van der Waals surface area contributed by atoms with Gasteiger partial charge in [-0.25, -0.2) is 0 Å². The first-order chi connectivity index (χ1) is 17.7. The van der Waals surface area contributed by atoms with Crippen LogP contribution in [0.15, 0.2) is 36.4 Å². The van der Waals surface area contributed by atoms with Crippen LogP contribution >= 0.6 is 0 Å². The van der Waals surface area contributed by atoms with Crippen LogP contribution in [0.5, 0.6) is 6.01 Å². The van der Waals surface area contributed by atoms with E-state index in [1.165, 1.54) is 40.4 Å². The van der Waals surface area contributed by atoms with Crippen LogP contribution < -0.4 is 19.9 Å². The number of likely N-dealkylation sites (N-methyl/N-ethyl adjacent to an activating group) is 1. The molecule has 190 valence electrons. The molecule has 0 aliphatic carbocycles. The summed E-state index contributed by atoms with van der Waals surface area (Å²) in [4.78, 5) is 17.4. The third-order valence-electron chi connectivity index (χ3n) is 8.17. The topological polar surface area (TPSA) is 56.8 Å². The minimum Gasteiger partial charge on any atom is -0.462 e. The summed E-state index contributed by atoms with van der Waals surface area (Å²) in [5.41, 5.74) is 5.05. The summed E-state index contributed by atoms with van der Waals surface area (Å²) in [6, 6.07) is 14.2. The van der Waals surface area contributed by atoms with Gasteiger partial charge in [0.2, 0.25) is 0 Å². The molecule has 6 rings (SSSR count). The number of rotatable bonds is 5. The molecule has 36 heavy (non-hydrogen) atoms. The van der Waals surface area contributed by atoms with Crippen LogP contribution in [0, 0.1) is 6.92 Å². The summed E-state index contributed by atoms with van der Waals surface area (Å²) in [6.45, 7) is 9.73. The van der Waals surface area contributed by atoms with Gasteiger partial charge in [0, 0.05) is 55.4 Å². The molecule has 0 unspecified atom stereocenters. The van der Waals surface area contributed by atoms with Gasteiger partial charge in [-0.05, 0) is 63.2 Å². The standard InChI is InChI=1S/C29H38N6O/c1-21-7-3-8-22-9-4-12-26(27(21)22)35-16-6-11-24-25(19-35)31-29(36-20-23-10-5-15-33(23)2)32-28(24)34-17-13-30-14-18-34/h3-4,7-9,12,23,30H,5-6,10-11,13-20H2,1-2H3/t23-/m0/s1. The van der Waals surface area contributed by atoms with Crippen molar-refractivity contribution >= 4 is 22.3 Å². The van der Waals surface area contributed by atoms with Crippen LogP contribution in [-0.4, -0.2) is 73.8 Å². The van der Waals surface area contributed by atoms with Crippen molar-refractivity contribution < 1.29 is 4.74 Å². The average molecular weight is 487 g/mol. The van der Waals surface area contributed by atoms with Crippen LogP contribution in [0.2, 0.25) is 0 Å². The van der Waals surface area contributed by atoms with Gasteiger partial charge in [-0.2, -0.15) is 9.97 Å². The molecule has 0 radical (unpaired) electrons. The first kappa shape index (κ1) is 23.5. The maximum atomic E-state index is 6.30. The largest absolute Gasteiger partial charge is 0.462 e. The van der Waals surface area contributed by atoms with Gasteiger partial charge in [0.05, 0.1) is 12.2 Å². The highest BCUT2D eigenvalue weighted by Crippen LogP contribution is 2.35. The quantitative estimate of drug-likeness (QED) is 0.589. The number of nitrogens with one attached hydrogen (secondary N) is 1. The zero-order chi connectivity index (χ0) is 24.5. The summed E-state index contributed by atoms with van der Waals surface area (Å²) in [6.07, 6.45) is 4.51. The average Bonchev–Trinajstić information content (AvgIpc) is 3.19. The highest BCUT2D eigenvalue weighted by atomic mass is 16.5. The van der Waals surface area contributed by atoms with Crippen LogP contribution in [-0.2, 0) is 13.0 Å². The predicted octanol–water partition coefficient (Wildman–Crippen LogP) is 3.77. The Morgan fingerprint density at radius 1 is 0.972 bits per heavy atom. The summed E-state index contributed by atoms with van der Waals surface area (Å²) in [5, 5.41) is 6.12. The Morgan fingerprint density at radius 2 is 1.81 bits per heavy atom. The fourth-order valence-electron chi connectivity index (χ4n) is 6.13. The molecule has 7 heteroatoms. The van der Waals surface area contributed by atoms with Crippen LogP contribution in [0.3, 0.4) is 0 Å². The lowest BCUT2D eigenvalue weighted by Gasteiger charge is -2.31. The van der Waals surface area contributed by atoms with Gasteiger partial charge in [-0.3, -0.25) is 0 Å². The number of nitrogens with zero attached hydrogens (tertiary/aromatic N) is 5. The Morgan fingerprint density at radius 3 is 2.61 bits per heavy atom. The van der Waals surface area contributed by atoms with E-state index < -0.39 is 0 Å². The minimum atomic E-state index is 0.449. The molecule has 0 spiro atoms. The molecule has 1 aromatic heterocycles. The molecule has 0 bridgehead atoms. The number of hydrogen-bond donors (Lipinski definition) is 1. The number of anilines is 2. The van der Waals surface area contributed by atoms with E-state index in [4.69, 9.17) is 14.7 Å². The number of piperazine rings is 1. The molecule has 1 N–H and O–H groups in total. The van der Waals surface area contributed by atoms with Gasteiger partial charge in [-0.1, -0.05) is 30.3 Å². The maximum Gasteiger partial charge on any atom is 0.318 e. The Hall–Kier alpha value is -2.90. The lowest BCUT2D eigenvalue weighted by Crippen LogP contribution is -2.44. The van der Waals surface area contributed by atoms with Crippen molar-refractivity contribution in [3.63, 3.8) is 0 Å². The number of benzene rings is 2. The van der Waals surface area contributed by atoms with Gasteiger partial charge < -0.3 is 24.8 Å². The van der Waals surface area contributed by atoms with Crippen LogP contribution in [0.1, 0.15) is 36.1 Å². The molecule has 3 aromatic rings. The molecule has 3 aliphatic rings. The fourth-order valence-corrected chi connectivity index (χ4v) is 6.13. The molecule has 1 atom stereocenters. The van der Waals surface area contributed by atoms with Crippen molar-refractivity contribution in [3.05, 3.63) is 53.2 Å². The van der Waals surface area contributed by atoms with E-state index in [2.05, 4.69) is 70.4 Å². The SMILES string of the molecule is Cc1cccc2cccc(N3CCCc4c(nc(OC[C@@H]5CCCN5C)nc4N4CCNCC4)C3)c12. The Kier molecular flexibility index (Phi) is 6.67. The first-order valence-electron chi connectivity index (χ1n) is 13.6. The van der Waals surface area contributed by atoms with E-state index >= 15 is 0 Å². The lowest BCUT2D eigenvalue weighted by molar-refractivity contribution is 0.187. The molecule has 2 aromatic carbocycles. The van der Waals surface area contributed by atoms with Gasteiger partial charge >= 0.3 is 6.01 Å². The highest BCUT2D eigenvalue weighted by molar-refractivity contribution is 5.96. The van der Waals surface area contributed by atoms with E-state index in [0.717, 1.165) is 70.2 Å². The third-order valence-corrected chi connectivity index (χ3v) is 8.17. The predicted molar refractivity (Wildman–Crippen MR) is 146 cm³/mol. The van der Waals surface area contributed by atoms with Crippen molar-refractivity contribution in [2.45, 2.75) is 45.2 Å². The molecule has 2 saturated heterocycles. The van der Waals surface area contributed by atoms with E-state index in [1.54, 1.807) is 0 Å². The molecule has 3 aliphatic heterocycles. The Labute approximate surface area is 214 Å². The Bertz CT molecular complexity index is 1220. The van der Waals surface area contributed by atoms with Gasteiger partial charge in [-0.15, -0.1) is 0 Å². The first-order valence-corrected chi connectivity index (χ1v) is 13.6. The summed E-state index contributed by atoms with van der Waals surface area (Å²) in [5.74, 6) is 1.09. The summed E-state index contributed by atoms with van der Waals surface area (Å²) < 4.78 is 6.30. The molecule has 7 nitrogen and oxygen atoms in total. The van der Waals surface area contributed by atoms with Crippen LogP contribution in [0.25, 0.3) is 10.8 Å². The summed E-state index contributed by atoms with van der Waals surface area (Å²) in [7, 11) is 2.19. The molecule has 0 saturated carbocycles. The normalized spacial score (nSPS) is 21.0. The zero-order valence-corrected chi connectivity index (χ0v) is 21.7. The van der Waals surface area contributed by atoms with Gasteiger partial charge in [0.1, 0.15) is 12.4 Å². The number of aromatic nitrogens is 2. The number of hydrogen-bond acceptors (Lipinski definition) is 7. The van der Waals surface area contributed by atoms with Crippen molar-refractivity contribution in [2.24, 2.45) is 0 Å². The van der Waals surface area contributed by atoms with Gasteiger partial charge in [0.15, 0.2) is 0 Å². The molecule has 4 heterocycles. The lowest BCUT2D eigenvalue weighted by atomic mass is 10.0. The minimum absolute atomic E-state index is 0.449. The second kappa shape index (κ2) is 10.2. The second-order valence-corrected chi connectivity index (χ2v) is 10.6. The second-order valence-electron chi connectivity index (χ2n) is 10.6. The van der Waals surface area contributed by atoms with E-state index in [9.17, 15) is 0 Å². The van der Waals surface area contributed by atoms with E-state index in [1.807, 2.05) is 0 Å². The molecule has 2 fully saturated rings. The van der Waals surface area contributed by atoms with Crippen molar-refractivity contribution in [1.82, 2.24) is 20.2 Å². The van der Waals surface area contributed by atoms with E-state index in [-0.39, 0.29) is 0 Å². The third kappa shape index (κ3) is 4.62. The monoisotopic (exact) mass is 486 g/mol. The van der Waals surface area contributed by atoms with E-state index in [0.29, 0.717) is 18.7 Å². The smallest absolute Gasteiger partial charge is 0.318 e. The molecule has 0 amide bonds. The van der Waals surface area contributed by atoms with Gasteiger partial charge in [0.25, 0.3) is 0 Å². The number of aryl methyl sites for hydroxylation is 1. The summed E-state index contributed by atoms with van der Waals surface area (Å²) >= 11 is 0. The molecular weight excluding hydrogens is 448 g/mol. The highest BCUT2D eigenvalue weighted by Gasteiger charge is 2.27. The van der Waals surface area contributed by atoms with Crippen molar-refractivity contribution in [2.75, 3.05) is 62.7 Å².